The summed E-state index contributed by atoms with van der Waals surface area (Å²) >= 11 is 1.20. The Labute approximate surface area is 105 Å². The molecule has 0 radical (unpaired) electrons. The molecule has 1 atom stereocenters. The lowest BCUT2D eigenvalue weighted by Gasteiger charge is -2.26. The van der Waals surface area contributed by atoms with E-state index in [1.54, 1.807) is 0 Å². The number of aliphatic carboxylic acids is 1. The first-order valence-corrected chi connectivity index (χ1v) is 6.38. The summed E-state index contributed by atoms with van der Waals surface area (Å²) in [5, 5.41) is 10.8. The molecule has 0 unspecified atom stereocenters. The summed E-state index contributed by atoms with van der Waals surface area (Å²) in [4.78, 5) is 23.5. The SMILES string of the molecule is O=C(O)[C@@H]1CSCN1C(=O)NC1(C(F)(F)F)CC1. The number of halogens is 3. The van der Waals surface area contributed by atoms with Crippen molar-refractivity contribution in [1.82, 2.24) is 10.2 Å². The number of amides is 2. The zero-order valence-electron chi connectivity index (χ0n) is 9.16. The predicted octanol–water partition coefficient (Wildman–Crippen LogP) is 1.25. The maximum Gasteiger partial charge on any atom is 0.411 e. The summed E-state index contributed by atoms with van der Waals surface area (Å²) in [6.45, 7) is 0. The van der Waals surface area contributed by atoms with Gasteiger partial charge in [0.25, 0.3) is 0 Å². The van der Waals surface area contributed by atoms with Crippen LogP contribution in [0, 0.1) is 0 Å². The average molecular weight is 284 g/mol. The monoisotopic (exact) mass is 284 g/mol. The number of thioether (sulfide) groups is 1. The Morgan fingerprint density at radius 3 is 2.44 bits per heavy atom. The van der Waals surface area contributed by atoms with Crippen LogP contribution < -0.4 is 5.32 Å². The Morgan fingerprint density at radius 1 is 1.39 bits per heavy atom. The van der Waals surface area contributed by atoms with E-state index in [4.69, 9.17) is 5.11 Å². The van der Waals surface area contributed by atoms with E-state index >= 15 is 0 Å². The number of carbonyl (C=O) groups excluding carboxylic acids is 1. The van der Waals surface area contributed by atoms with Crippen LogP contribution in [0.3, 0.4) is 0 Å². The van der Waals surface area contributed by atoms with Crippen LogP contribution in [0.5, 0.6) is 0 Å². The van der Waals surface area contributed by atoms with E-state index in [9.17, 15) is 22.8 Å². The van der Waals surface area contributed by atoms with E-state index < -0.39 is 29.8 Å². The minimum absolute atomic E-state index is 0.0940. The number of urea groups is 1. The highest BCUT2D eigenvalue weighted by Gasteiger charge is 2.64. The number of alkyl halides is 3. The van der Waals surface area contributed by atoms with Gasteiger partial charge in [0.2, 0.25) is 0 Å². The van der Waals surface area contributed by atoms with Gasteiger partial charge in [0.15, 0.2) is 0 Å². The van der Waals surface area contributed by atoms with E-state index in [0.717, 1.165) is 4.90 Å². The normalized spacial score (nSPS) is 25.9. The van der Waals surface area contributed by atoms with Crippen molar-refractivity contribution in [3.05, 3.63) is 0 Å². The number of nitrogens with zero attached hydrogens (tertiary/aromatic N) is 1. The standard InChI is InChI=1S/C9H11F3N2O3S/c10-9(11,12)8(1-2-8)13-7(17)14-4-18-3-5(14)6(15)16/h5H,1-4H2,(H,13,17)(H,15,16)/t5-/m0/s1. The number of hydrogen-bond acceptors (Lipinski definition) is 3. The Hall–Kier alpha value is -1.12. The fourth-order valence-corrected chi connectivity index (χ4v) is 2.87. The van der Waals surface area contributed by atoms with Crippen molar-refractivity contribution >= 4 is 23.8 Å². The van der Waals surface area contributed by atoms with Gasteiger partial charge >= 0.3 is 18.2 Å². The average Bonchev–Trinajstić information content (AvgIpc) is 2.87. The molecule has 1 saturated carbocycles. The summed E-state index contributed by atoms with van der Waals surface area (Å²) in [5.74, 6) is -0.912. The molecular weight excluding hydrogens is 273 g/mol. The zero-order valence-corrected chi connectivity index (χ0v) is 9.98. The van der Waals surface area contributed by atoms with Crippen molar-refractivity contribution < 1.29 is 27.9 Å². The van der Waals surface area contributed by atoms with Crippen LogP contribution >= 0.6 is 11.8 Å². The van der Waals surface area contributed by atoms with Gasteiger partial charge in [0, 0.05) is 5.75 Å². The molecule has 2 amide bonds. The van der Waals surface area contributed by atoms with Crippen molar-refractivity contribution in [3.63, 3.8) is 0 Å². The van der Waals surface area contributed by atoms with Gasteiger partial charge < -0.3 is 15.3 Å². The van der Waals surface area contributed by atoms with Crippen LogP contribution in [0.25, 0.3) is 0 Å². The van der Waals surface area contributed by atoms with Crippen molar-refractivity contribution in [1.29, 1.82) is 0 Å². The van der Waals surface area contributed by atoms with Crippen molar-refractivity contribution in [2.45, 2.75) is 30.6 Å². The Kier molecular flexibility index (Phi) is 3.12. The second kappa shape index (κ2) is 4.22. The number of nitrogens with one attached hydrogen (secondary N) is 1. The van der Waals surface area contributed by atoms with Crippen molar-refractivity contribution in [2.24, 2.45) is 0 Å². The van der Waals surface area contributed by atoms with Crippen molar-refractivity contribution in [3.8, 4) is 0 Å². The molecule has 5 nitrogen and oxygen atoms in total. The lowest BCUT2D eigenvalue weighted by Crippen LogP contribution is -2.55. The summed E-state index contributed by atoms with van der Waals surface area (Å²) in [6, 6.07) is -2.01. The van der Waals surface area contributed by atoms with Gasteiger partial charge in [-0.15, -0.1) is 11.8 Å². The minimum Gasteiger partial charge on any atom is -0.480 e. The van der Waals surface area contributed by atoms with Gasteiger partial charge in [-0.3, -0.25) is 0 Å². The van der Waals surface area contributed by atoms with Gasteiger partial charge in [0.05, 0.1) is 5.88 Å². The summed E-state index contributed by atoms with van der Waals surface area (Å²) in [7, 11) is 0. The van der Waals surface area contributed by atoms with E-state index in [0.29, 0.717) is 0 Å². The summed E-state index contributed by atoms with van der Waals surface area (Å²) in [5.41, 5.74) is -2.15. The van der Waals surface area contributed by atoms with Crippen LogP contribution in [0.15, 0.2) is 0 Å². The van der Waals surface area contributed by atoms with E-state index in [1.807, 2.05) is 5.32 Å². The number of carboxylic acids is 1. The summed E-state index contributed by atoms with van der Waals surface area (Å²) < 4.78 is 37.9. The second-order valence-corrected chi connectivity index (χ2v) is 5.33. The molecule has 2 fully saturated rings. The number of rotatable bonds is 2. The molecule has 1 aliphatic carbocycles. The highest BCUT2D eigenvalue weighted by molar-refractivity contribution is 7.99. The highest BCUT2D eigenvalue weighted by atomic mass is 32.2. The van der Waals surface area contributed by atoms with E-state index in [1.165, 1.54) is 11.8 Å². The Morgan fingerprint density at radius 2 is 2.00 bits per heavy atom. The molecule has 0 aromatic carbocycles. The van der Waals surface area contributed by atoms with Gasteiger partial charge in [-0.05, 0) is 12.8 Å². The Balaban J connectivity index is 2.03. The zero-order chi connectivity index (χ0) is 13.6. The molecule has 2 aliphatic rings. The smallest absolute Gasteiger partial charge is 0.411 e. The molecule has 0 aromatic heterocycles. The molecule has 0 bridgehead atoms. The third kappa shape index (κ3) is 2.23. The van der Waals surface area contributed by atoms with E-state index in [-0.39, 0.29) is 24.5 Å². The van der Waals surface area contributed by atoms with Crippen LogP contribution in [-0.4, -0.2) is 51.4 Å². The quantitative estimate of drug-likeness (QED) is 0.800. The maximum absolute atomic E-state index is 12.6. The molecule has 1 heterocycles. The molecule has 18 heavy (non-hydrogen) atoms. The highest BCUT2D eigenvalue weighted by Crippen LogP contribution is 2.49. The first-order chi connectivity index (χ1) is 8.27. The van der Waals surface area contributed by atoms with Crippen LogP contribution in [0.1, 0.15) is 12.8 Å². The first kappa shape index (κ1) is 13.3. The number of carboxylic acid groups (broad SMARTS) is 1. The van der Waals surface area contributed by atoms with Crippen LogP contribution in [0.2, 0.25) is 0 Å². The first-order valence-electron chi connectivity index (χ1n) is 5.23. The predicted molar refractivity (Wildman–Crippen MR) is 57.1 cm³/mol. The van der Waals surface area contributed by atoms with Gasteiger partial charge in [-0.2, -0.15) is 13.2 Å². The van der Waals surface area contributed by atoms with Gasteiger partial charge in [0.1, 0.15) is 11.6 Å². The van der Waals surface area contributed by atoms with E-state index in [2.05, 4.69) is 0 Å². The van der Waals surface area contributed by atoms with Gasteiger partial charge in [-0.1, -0.05) is 0 Å². The fourth-order valence-electron chi connectivity index (χ4n) is 1.73. The number of hydrogen-bond donors (Lipinski definition) is 2. The van der Waals surface area contributed by atoms with Crippen LogP contribution in [-0.2, 0) is 4.79 Å². The maximum atomic E-state index is 12.6. The molecule has 2 N–H and O–H groups in total. The van der Waals surface area contributed by atoms with Crippen molar-refractivity contribution in [2.75, 3.05) is 11.6 Å². The molecule has 0 aromatic rings. The lowest BCUT2D eigenvalue weighted by molar-refractivity contribution is -0.163. The largest absolute Gasteiger partial charge is 0.480 e. The van der Waals surface area contributed by atoms with Gasteiger partial charge in [-0.25, -0.2) is 9.59 Å². The molecule has 1 aliphatic heterocycles. The molecule has 2 rings (SSSR count). The third-order valence-electron chi connectivity index (χ3n) is 3.07. The molecule has 0 spiro atoms. The lowest BCUT2D eigenvalue weighted by atomic mass is 10.2. The number of carbonyl (C=O) groups is 2. The molecule has 9 heteroatoms. The topological polar surface area (TPSA) is 69.6 Å². The van der Waals surface area contributed by atoms with Crippen LogP contribution in [0.4, 0.5) is 18.0 Å². The second-order valence-electron chi connectivity index (χ2n) is 4.33. The molecular formula is C9H11F3N2O3S. The molecule has 1 saturated heterocycles. The molecule has 102 valence electrons. The Bertz CT molecular complexity index is 384. The minimum atomic E-state index is -4.49. The fraction of sp³-hybridized carbons (Fsp3) is 0.778. The third-order valence-corrected chi connectivity index (χ3v) is 4.08. The summed E-state index contributed by atoms with van der Waals surface area (Å²) in [6.07, 6.45) is -4.80.